The summed E-state index contributed by atoms with van der Waals surface area (Å²) in [5, 5.41) is 0. The summed E-state index contributed by atoms with van der Waals surface area (Å²) in [6.07, 6.45) is 4.99. The fourth-order valence-corrected chi connectivity index (χ4v) is 1.43. The van der Waals surface area contributed by atoms with Gasteiger partial charge in [0.15, 0.2) is 0 Å². The van der Waals surface area contributed by atoms with E-state index >= 15 is 0 Å². The molecule has 0 aromatic rings. The smallest absolute Gasteiger partial charge is 0.0367 e. The van der Waals surface area contributed by atoms with E-state index in [1.165, 1.54) is 24.0 Å². The summed E-state index contributed by atoms with van der Waals surface area (Å²) in [7, 11) is 0. The SMILES string of the molecule is C=C1[C](C2CC2)C1=CC. The van der Waals surface area contributed by atoms with E-state index in [1.54, 1.807) is 5.92 Å². The molecule has 0 heterocycles. The molecular weight excluding hydrogens is 108 g/mol. The Balaban J connectivity index is 2.11. The summed E-state index contributed by atoms with van der Waals surface area (Å²) in [5.74, 6) is 2.50. The molecule has 0 amide bonds. The molecule has 1 radical (unpaired) electrons. The van der Waals surface area contributed by atoms with Gasteiger partial charge in [-0.3, -0.25) is 0 Å². The first-order chi connectivity index (χ1) is 4.34. The van der Waals surface area contributed by atoms with Crippen LogP contribution in [-0.4, -0.2) is 0 Å². The molecule has 0 nitrogen and oxygen atoms in total. The molecule has 0 spiro atoms. The van der Waals surface area contributed by atoms with E-state index in [0.29, 0.717) is 0 Å². The quantitative estimate of drug-likeness (QED) is 0.497. The first-order valence-electron chi connectivity index (χ1n) is 3.57. The van der Waals surface area contributed by atoms with Crippen LogP contribution in [0.15, 0.2) is 23.8 Å². The van der Waals surface area contributed by atoms with Gasteiger partial charge in [0.25, 0.3) is 0 Å². The van der Waals surface area contributed by atoms with Crippen LogP contribution in [-0.2, 0) is 0 Å². The summed E-state index contributed by atoms with van der Waals surface area (Å²) in [6.45, 7) is 6.05. The van der Waals surface area contributed by atoms with E-state index in [4.69, 9.17) is 0 Å². The molecule has 2 fully saturated rings. The summed E-state index contributed by atoms with van der Waals surface area (Å²) >= 11 is 0. The molecular formula is C9H11. The molecule has 0 N–H and O–H groups in total. The second-order valence-corrected chi connectivity index (χ2v) is 2.87. The van der Waals surface area contributed by atoms with Gasteiger partial charge in [0, 0.05) is 5.92 Å². The van der Waals surface area contributed by atoms with Crippen LogP contribution in [0.25, 0.3) is 0 Å². The van der Waals surface area contributed by atoms with Crippen molar-refractivity contribution in [1.82, 2.24) is 0 Å². The standard InChI is InChI=1S/C9H11/c1-3-8-6(2)9(8)7-4-5-7/h3,7H,2,4-5H2,1H3. The summed E-state index contributed by atoms with van der Waals surface area (Å²) in [6, 6.07) is 0. The van der Waals surface area contributed by atoms with Crippen molar-refractivity contribution in [3.63, 3.8) is 0 Å². The Kier molecular flexibility index (Phi) is 0.879. The van der Waals surface area contributed by atoms with Gasteiger partial charge in [0.1, 0.15) is 0 Å². The molecule has 0 aromatic carbocycles. The molecule has 2 saturated carbocycles. The van der Waals surface area contributed by atoms with Gasteiger partial charge in [0.2, 0.25) is 0 Å². The fraction of sp³-hybridized carbons (Fsp3) is 0.444. The monoisotopic (exact) mass is 119 g/mol. The van der Waals surface area contributed by atoms with Crippen LogP contribution in [0.3, 0.4) is 0 Å². The molecule has 0 aliphatic heterocycles. The summed E-state index contributed by atoms with van der Waals surface area (Å²) in [4.78, 5) is 0. The molecule has 0 atom stereocenters. The molecule has 0 heteroatoms. The molecule has 9 heavy (non-hydrogen) atoms. The molecule has 47 valence electrons. The Morgan fingerprint density at radius 2 is 2.22 bits per heavy atom. The molecule has 2 aliphatic carbocycles. The van der Waals surface area contributed by atoms with Crippen molar-refractivity contribution in [3.8, 4) is 0 Å². The highest BCUT2D eigenvalue weighted by molar-refractivity contribution is 5.73. The predicted octanol–water partition coefficient (Wildman–Crippen LogP) is 2.49. The first kappa shape index (κ1) is 5.28. The predicted molar refractivity (Wildman–Crippen MR) is 38.9 cm³/mol. The van der Waals surface area contributed by atoms with Gasteiger partial charge in [-0.25, -0.2) is 0 Å². The Morgan fingerprint density at radius 3 is 2.56 bits per heavy atom. The van der Waals surface area contributed by atoms with Crippen molar-refractivity contribution in [1.29, 1.82) is 0 Å². The molecule has 0 bridgehead atoms. The normalized spacial score (nSPS) is 31.7. The van der Waals surface area contributed by atoms with Gasteiger partial charge < -0.3 is 0 Å². The lowest BCUT2D eigenvalue weighted by Gasteiger charge is -1.78. The Bertz CT molecular complexity index is 182. The van der Waals surface area contributed by atoms with Crippen LogP contribution in [0, 0.1) is 11.8 Å². The van der Waals surface area contributed by atoms with Gasteiger partial charge in [0.05, 0.1) is 0 Å². The summed E-state index contributed by atoms with van der Waals surface area (Å²) in [5.41, 5.74) is 2.79. The zero-order valence-electron chi connectivity index (χ0n) is 5.78. The van der Waals surface area contributed by atoms with Crippen LogP contribution in [0.4, 0.5) is 0 Å². The lowest BCUT2D eigenvalue weighted by molar-refractivity contribution is 1.01. The highest BCUT2D eigenvalue weighted by Gasteiger charge is 2.46. The maximum Gasteiger partial charge on any atom is 0.0367 e. The van der Waals surface area contributed by atoms with Crippen LogP contribution < -0.4 is 0 Å². The number of hydrogen-bond acceptors (Lipinski definition) is 0. The van der Waals surface area contributed by atoms with Crippen LogP contribution in [0.1, 0.15) is 19.8 Å². The molecule has 0 aromatic heterocycles. The Labute approximate surface area is 56.3 Å². The first-order valence-corrected chi connectivity index (χ1v) is 3.57. The van der Waals surface area contributed by atoms with E-state index in [-0.39, 0.29) is 0 Å². The maximum atomic E-state index is 3.96. The lowest BCUT2D eigenvalue weighted by atomic mass is 10.2. The fourth-order valence-electron chi connectivity index (χ4n) is 1.43. The Hall–Kier alpha value is -0.520. The van der Waals surface area contributed by atoms with Crippen LogP contribution >= 0.6 is 0 Å². The van der Waals surface area contributed by atoms with Gasteiger partial charge >= 0.3 is 0 Å². The van der Waals surface area contributed by atoms with Crippen molar-refractivity contribution >= 4 is 0 Å². The Morgan fingerprint density at radius 1 is 1.56 bits per heavy atom. The van der Waals surface area contributed by atoms with Gasteiger partial charge in [-0.05, 0) is 36.8 Å². The van der Waals surface area contributed by atoms with E-state index in [1.807, 2.05) is 0 Å². The third-order valence-electron chi connectivity index (χ3n) is 2.15. The number of allylic oxidation sites excluding steroid dienone is 3. The zero-order chi connectivity index (χ0) is 6.43. The average molecular weight is 119 g/mol. The molecule has 2 rings (SSSR count). The second-order valence-electron chi connectivity index (χ2n) is 2.87. The molecule has 0 unspecified atom stereocenters. The van der Waals surface area contributed by atoms with Crippen molar-refractivity contribution in [2.24, 2.45) is 5.92 Å². The average Bonchev–Trinajstić information content (AvgIpc) is 2.61. The van der Waals surface area contributed by atoms with E-state index in [0.717, 1.165) is 5.92 Å². The largest absolute Gasteiger partial charge is 0.0946 e. The van der Waals surface area contributed by atoms with Crippen LogP contribution in [0.2, 0.25) is 0 Å². The molecule has 0 saturated heterocycles. The minimum absolute atomic E-state index is 0.920. The van der Waals surface area contributed by atoms with E-state index in [2.05, 4.69) is 19.6 Å². The highest BCUT2D eigenvalue weighted by atomic mass is 14.5. The maximum absolute atomic E-state index is 3.96. The highest BCUT2D eigenvalue weighted by Crippen LogP contribution is 2.59. The lowest BCUT2D eigenvalue weighted by Crippen LogP contribution is -1.70. The van der Waals surface area contributed by atoms with Gasteiger partial charge in [-0.15, -0.1) is 0 Å². The van der Waals surface area contributed by atoms with E-state index < -0.39 is 0 Å². The minimum Gasteiger partial charge on any atom is -0.0946 e. The topological polar surface area (TPSA) is 0 Å². The van der Waals surface area contributed by atoms with Gasteiger partial charge in [-0.1, -0.05) is 12.7 Å². The summed E-state index contributed by atoms with van der Waals surface area (Å²) < 4.78 is 0. The minimum atomic E-state index is 0.920. The van der Waals surface area contributed by atoms with Crippen molar-refractivity contribution in [2.45, 2.75) is 19.8 Å². The number of hydrogen-bond donors (Lipinski definition) is 0. The number of rotatable bonds is 1. The van der Waals surface area contributed by atoms with Crippen LogP contribution in [0.5, 0.6) is 0 Å². The third kappa shape index (κ3) is 0.658. The van der Waals surface area contributed by atoms with Crippen molar-refractivity contribution < 1.29 is 0 Å². The zero-order valence-corrected chi connectivity index (χ0v) is 5.78. The molecule has 2 aliphatic rings. The van der Waals surface area contributed by atoms with E-state index in [9.17, 15) is 0 Å². The van der Waals surface area contributed by atoms with Crippen molar-refractivity contribution in [2.75, 3.05) is 0 Å². The van der Waals surface area contributed by atoms with Gasteiger partial charge in [-0.2, -0.15) is 0 Å². The third-order valence-corrected chi connectivity index (χ3v) is 2.15. The second kappa shape index (κ2) is 1.50. The van der Waals surface area contributed by atoms with Crippen molar-refractivity contribution in [3.05, 3.63) is 29.7 Å².